The zero-order valence-corrected chi connectivity index (χ0v) is 13.1. The summed E-state index contributed by atoms with van der Waals surface area (Å²) >= 11 is 6.03. The second-order valence-electron chi connectivity index (χ2n) is 5.13. The number of anilines is 1. The summed E-state index contributed by atoms with van der Waals surface area (Å²) in [5, 5.41) is 7.44. The smallest absolute Gasteiger partial charge is 0.283 e. The van der Waals surface area contributed by atoms with E-state index in [0.29, 0.717) is 27.8 Å². The Bertz CT molecular complexity index is 668. The van der Waals surface area contributed by atoms with Crippen LogP contribution in [0.15, 0.2) is 23.0 Å². The highest BCUT2D eigenvalue weighted by Gasteiger charge is 2.13. The molecule has 21 heavy (non-hydrogen) atoms. The molecular formula is C14H18Cl2N4O. The lowest BCUT2D eigenvalue weighted by atomic mass is 9.98. The van der Waals surface area contributed by atoms with Crippen molar-refractivity contribution in [3.8, 4) is 0 Å². The van der Waals surface area contributed by atoms with Gasteiger partial charge in [-0.3, -0.25) is 4.79 Å². The molecule has 5 nitrogen and oxygen atoms in total. The largest absolute Gasteiger partial charge is 0.355 e. The first kappa shape index (κ1) is 16.1. The van der Waals surface area contributed by atoms with Gasteiger partial charge in [-0.05, 0) is 44.0 Å². The lowest BCUT2D eigenvalue weighted by Crippen LogP contribution is -2.31. The highest BCUT2D eigenvalue weighted by Crippen LogP contribution is 2.19. The number of aromatic nitrogens is 2. The van der Waals surface area contributed by atoms with E-state index in [2.05, 4.69) is 20.6 Å². The summed E-state index contributed by atoms with van der Waals surface area (Å²) in [7, 11) is 0. The number of hydrogen-bond acceptors (Lipinski definition) is 4. The predicted molar refractivity (Wildman–Crippen MR) is 88.7 cm³/mol. The molecule has 0 spiro atoms. The molecule has 7 heteroatoms. The van der Waals surface area contributed by atoms with Crippen LogP contribution in [-0.2, 0) is 0 Å². The van der Waals surface area contributed by atoms with E-state index in [-0.39, 0.29) is 18.0 Å². The minimum atomic E-state index is -0.294. The molecule has 0 atom stereocenters. The number of hydrogen-bond donors (Lipinski definition) is 3. The molecule has 2 aromatic rings. The Morgan fingerprint density at radius 1 is 1.33 bits per heavy atom. The van der Waals surface area contributed by atoms with Crippen molar-refractivity contribution >= 4 is 40.9 Å². The first-order chi connectivity index (χ1) is 9.74. The van der Waals surface area contributed by atoms with Gasteiger partial charge in [0.25, 0.3) is 5.56 Å². The fraction of sp³-hybridized carbons (Fsp3) is 0.429. The van der Waals surface area contributed by atoms with E-state index in [1.165, 1.54) is 0 Å². The molecule has 1 saturated heterocycles. The quantitative estimate of drug-likeness (QED) is 0.809. The van der Waals surface area contributed by atoms with Gasteiger partial charge >= 0.3 is 0 Å². The molecule has 1 fully saturated rings. The van der Waals surface area contributed by atoms with Gasteiger partial charge in [-0.2, -0.15) is 4.98 Å². The van der Waals surface area contributed by atoms with Crippen molar-refractivity contribution in [2.45, 2.75) is 12.8 Å². The topological polar surface area (TPSA) is 69.8 Å². The average Bonchev–Trinajstić information content (AvgIpc) is 2.46. The van der Waals surface area contributed by atoms with Crippen molar-refractivity contribution in [2.75, 3.05) is 25.0 Å². The molecule has 1 aliphatic rings. The van der Waals surface area contributed by atoms with Crippen molar-refractivity contribution in [1.29, 1.82) is 0 Å². The van der Waals surface area contributed by atoms with E-state index in [0.717, 1.165) is 32.5 Å². The molecular weight excluding hydrogens is 311 g/mol. The predicted octanol–water partition coefficient (Wildman–Crippen LogP) is 2.41. The van der Waals surface area contributed by atoms with Crippen LogP contribution in [0.5, 0.6) is 0 Å². The zero-order chi connectivity index (χ0) is 13.9. The number of nitrogens with one attached hydrogen (secondary N) is 3. The monoisotopic (exact) mass is 328 g/mol. The van der Waals surface area contributed by atoms with Crippen LogP contribution in [-0.4, -0.2) is 29.6 Å². The van der Waals surface area contributed by atoms with Gasteiger partial charge in [0.1, 0.15) is 0 Å². The van der Waals surface area contributed by atoms with Gasteiger partial charge in [-0.1, -0.05) is 17.7 Å². The highest BCUT2D eigenvalue weighted by molar-refractivity contribution is 6.35. The minimum Gasteiger partial charge on any atom is -0.355 e. The molecule has 114 valence electrons. The normalized spacial score (nSPS) is 15.7. The number of aromatic amines is 1. The van der Waals surface area contributed by atoms with E-state index in [1.807, 2.05) is 12.1 Å². The number of H-pyrrole nitrogens is 1. The third-order valence-electron chi connectivity index (χ3n) is 3.71. The Hall–Kier alpha value is -1.30. The Balaban J connectivity index is 0.00000161. The number of rotatable bonds is 3. The zero-order valence-electron chi connectivity index (χ0n) is 11.5. The van der Waals surface area contributed by atoms with E-state index in [4.69, 9.17) is 11.6 Å². The molecule has 0 bridgehead atoms. The molecule has 3 N–H and O–H groups in total. The molecule has 1 aromatic carbocycles. The fourth-order valence-electron chi connectivity index (χ4n) is 2.57. The van der Waals surface area contributed by atoms with Crippen molar-refractivity contribution in [3.63, 3.8) is 0 Å². The van der Waals surface area contributed by atoms with Crippen molar-refractivity contribution in [2.24, 2.45) is 5.92 Å². The number of fused-ring (bicyclic) bond motifs is 1. The maximum atomic E-state index is 12.0. The molecule has 0 saturated carbocycles. The van der Waals surface area contributed by atoms with E-state index in [1.54, 1.807) is 6.07 Å². The number of nitrogens with zero attached hydrogens (tertiary/aromatic N) is 1. The van der Waals surface area contributed by atoms with Crippen LogP contribution < -0.4 is 16.2 Å². The van der Waals surface area contributed by atoms with Crippen LogP contribution in [0, 0.1) is 5.92 Å². The van der Waals surface area contributed by atoms with Crippen LogP contribution in [0.4, 0.5) is 5.95 Å². The molecule has 1 aromatic heterocycles. The van der Waals surface area contributed by atoms with Crippen LogP contribution in [0.2, 0.25) is 5.02 Å². The minimum absolute atomic E-state index is 0. The molecule has 0 radical (unpaired) electrons. The Kier molecular flexibility index (Phi) is 5.45. The van der Waals surface area contributed by atoms with Gasteiger partial charge in [-0.15, -0.1) is 12.4 Å². The maximum absolute atomic E-state index is 12.0. The van der Waals surface area contributed by atoms with E-state index < -0.39 is 0 Å². The second kappa shape index (κ2) is 7.11. The van der Waals surface area contributed by atoms with Gasteiger partial charge < -0.3 is 15.6 Å². The van der Waals surface area contributed by atoms with Crippen LogP contribution in [0.3, 0.4) is 0 Å². The lowest BCUT2D eigenvalue weighted by molar-refractivity contribution is 0.389. The second-order valence-corrected chi connectivity index (χ2v) is 5.53. The first-order valence-corrected chi connectivity index (χ1v) is 7.25. The Morgan fingerprint density at radius 3 is 2.86 bits per heavy atom. The van der Waals surface area contributed by atoms with E-state index in [9.17, 15) is 4.79 Å². The molecule has 3 rings (SSSR count). The van der Waals surface area contributed by atoms with Gasteiger partial charge in [0, 0.05) is 6.54 Å². The van der Waals surface area contributed by atoms with Crippen molar-refractivity contribution in [1.82, 2.24) is 15.3 Å². The van der Waals surface area contributed by atoms with E-state index >= 15 is 0 Å². The van der Waals surface area contributed by atoms with Gasteiger partial charge in [-0.25, -0.2) is 0 Å². The first-order valence-electron chi connectivity index (χ1n) is 6.87. The summed E-state index contributed by atoms with van der Waals surface area (Å²) in [5.41, 5.74) is 0.419. The Labute approximate surface area is 133 Å². The third kappa shape index (κ3) is 3.67. The molecule has 0 unspecified atom stereocenters. The van der Waals surface area contributed by atoms with Crippen LogP contribution in [0.25, 0.3) is 10.9 Å². The standard InChI is InChI=1S/C14H17ClN4O.ClH/c15-10-2-1-3-11-12(10)13(20)19-14(18-11)17-8-9-4-6-16-7-5-9;/h1-3,9,16H,4-8H2,(H2,17,18,19,20);1H. The summed E-state index contributed by atoms with van der Waals surface area (Å²) in [6.45, 7) is 2.95. The SMILES string of the molecule is Cl.O=c1nc(NCC2CCNCC2)[nH]c2cccc(Cl)c12. The fourth-order valence-corrected chi connectivity index (χ4v) is 2.82. The average molecular weight is 329 g/mol. The van der Waals surface area contributed by atoms with Gasteiger partial charge in [0.05, 0.1) is 15.9 Å². The highest BCUT2D eigenvalue weighted by atomic mass is 35.5. The summed E-state index contributed by atoms with van der Waals surface area (Å²) in [4.78, 5) is 19.2. The molecule has 2 heterocycles. The Morgan fingerprint density at radius 2 is 2.10 bits per heavy atom. The number of halogens is 2. The molecule has 0 amide bonds. The summed E-state index contributed by atoms with van der Waals surface area (Å²) < 4.78 is 0. The lowest BCUT2D eigenvalue weighted by Gasteiger charge is -2.22. The number of piperidine rings is 1. The number of benzene rings is 1. The van der Waals surface area contributed by atoms with Crippen LogP contribution >= 0.6 is 24.0 Å². The third-order valence-corrected chi connectivity index (χ3v) is 4.03. The van der Waals surface area contributed by atoms with Crippen molar-refractivity contribution < 1.29 is 0 Å². The molecule has 0 aliphatic carbocycles. The van der Waals surface area contributed by atoms with Gasteiger partial charge in [0.2, 0.25) is 5.95 Å². The summed E-state index contributed by atoms with van der Waals surface area (Å²) in [6.07, 6.45) is 2.30. The van der Waals surface area contributed by atoms with Gasteiger partial charge in [0.15, 0.2) is 0 Å². The summed E-state index contributed by atoms with van der Waals surface area (Å²) in [5.74, 6) is 1.14. The van der Waals surface area contributed by atoms with Crippen LogP contribution in [0.1, 0.15) is 12.8 Å². The maximum Gasteiger partial charge on any atom is 0.283 e. The van der Waals surface area contributed by atoms with Crippen molar-refractivity contribution in [3.05, 3.63) is 33.6 Å². The molecule has 1 aliphatic heterocycles. The summed E-state index contributed by atoms with van der Waals surface area (Å²) in [6, 6.07) is 5.35.